The standard InChI is InChI=1S/C28H31ClF3N3O2/c1-4-33(27(37)21-10-7-11-23(15-21)28(30,31)32)19-26(36)35(16-20(2)3)18-24-12-8-14-34(24)17-22-9-5-6-13-25(22)29/h5-15,20H,4,16-19H2,1-3H3. The molecule has 0 saturated heterocycles. The molecule has 0 spiro atoms. The van der Waals surface area contributed by atoms with Crippen LogP contribution in [0.15, 0.2) is 66.9 Å². The van der Waals surface area contributed by atoms with E-state index in [-0.39, 0.29) is 30.5 Å². The fourth-order valence-electron chi connectivity index (χ4n) is 4.05. The van der Waals surface area contributed by atoms with Crippen molar-refractivity contribution in [3.05, 3.63) is 94.3 Å². The van der Waals surface area contributed by atoms with Crippen LogP contribution in [0.3, 0.4) is 0 Å². The number of likely N-dealkylation sites (N-methyl/N-ethyl adjacent to an activating group) is 1. The van der Waals surface area contributed by atoms with Crippen molar-refractivity contribution in [3.8, 4) is 0 Å². The van der Waals surface area contributed by atoms with Crippen molar-refractivity contribution in [1.29, 1.82) is 0 Å². The quantitative estimate of drug-likeness (QED) is 0.304. The molecule has 0 aliphatic heterocycles. The SMILES string of the molecule is CCN(CC(=O)N(Cc1cccn1Cc1ccccc1Cl)CC(C)C)C(=O)c1cccc(C(F)(F)F)c1. The van der Waals surface area contributed by atoms with Gasteiger partial charge in [-0.25, -0.2) is 0 Å². The maximum absolute atomic E-state index is 13.4. The minimum absolute atomic E-state index is 0.103. The van der Waals surface area contributed by atoms with Gasteiger partial charge in [-0.3, -0.25) is 9.59 Å². The van der Waals surface area contributed by atoms with Gasteiger partial charge in [-0.2, -0.15) is 13.2 Å². The first kappa shape index (κ1) is 28.3. The lowest BCUT2D eigenvalue weighted by Gasteiger charge is -2.29. The molecule has 0 saturated carbocycles. The number of aromatic nitrogens is 1. The van der Waals surface area contributed by atoms with Crippen molar-refractivity contribution in [1.82, 2.24) is 14.4 Å². The van der Waals surface area contributed by atoms with Crippen molar-refractivity contribution < 1.29 is 22.8 Å². The molecule has 0 atom stereocenters. The lowest BCUT2D eigenvalue weighted by atomic mass is 10.1. The zero-order chi connectivity index (χ0) is 27.2. The monoisotopic (exact) mass is 533 g/mol. The maximum Gasteiger partial charge on any atom is 0.416 e. The summed E-state index contributed by atoms with van der Waals surface area (Å²) in [7, 11) is 0. The Labute approximate surface area is 220 Å². The third kappa shape index (κ3) is 7.61. The smallest absolute Gasteiger partial charge is 0.345 e. The second kappa shape index (κ2) is 12.3. The van der Waals surface area contributed by atoms with Crippen molar-refractivity contribution in [2.75, 3.05) is 19.6 Å². The highest BCUT2D eigenvalue weighted by Crippen LogP contribution is 2.29. The number of hydrogen-bond acceptors (Lipinski definition) is 2. The molecule has 2 amide bonds. The summed E-state index contributed by atoms with van der Waals surface area (Å²) in [6, 6.07) is 15.7. The Bertz CT molecular complexity index is 1220. The van der Waals surface area contributed by atoms with Gasteiger partial charge < -0.3 is 14.4 Å². The Morgan fingerprint density at radius 3 is 2.38 bits per heavy atom. The number of rotatable bonds is 10. The van der Waals surface area contributed by atoms with Gasteiger partial charge in [-0.1, -0.05) is 49.7 Å². The van der Waals surface area contributed by atoms with E-state index in [9.17, 15) is 22.8 Å². The Morgan fingerprint density at radius 1 is 1.00 bits per heavy atom. The molecular weight excluding hydrogens is 503 g/mol. The van der Waals surface area contributed by atoms with Crippen LogP contribution in [0.1, 0.15) is 48.0 Å². The number of alkyl halides is 3. The molecule has 198 valence electrons. The zero-order valence-corrected chi connectivity index (χ0v) is 21.9. The van der Waals surface area contributed by atoms with Gasteiger partial charge >= 0.3 is 6.18 Å². The lowest BCUT2D eigenvalue weighted by Crippen LogP contribution is -2.44. The number of nitrogens with zero attached hydrogens (tertiary/aromatic N) is 3. The summed E-state index contributed by atoms with van der Waals surface area (Å²) in [5.41, 5.74) is 0.850. The number of benzene rings is 2. The molecule has 3 aromatic rings. The summed E-state index contributed by atoms with van der Waals surface area (Å²) in [5, 5.41) is 0.656. The van der Waals surface area contributed by atoms with Crippen molar-refractivity contribution in [3.63, 3.8) is 0 Å². The zero-order valence-electron chi connectivity index (χ0n) is 21.1. The molecule has 2 aromatic carbocycles. The molecule has 3 rings (SSSR count). The normalized spacial score (nSPS) is 11.6. The molecule has 1 heterocycles. The number of carbonyl (C=O) groups is 2. The van der Waals surface area contributed by atoms with Crippen molar-refractivity contribution in [2.45, 2.75) is 40.0 Å². The molecule has 37 heavy (non-hydrogen) atoms. The largest absolute Gasteiger partial charge is 0.416 e. The molecule has 9 heteroatoms. The molecule has 1 aromatic heterocycles. The van der Waals surface area contributed by atoms with E-state index in [1.165, 1.54) is 17.0 Å². The maximum atomic E-state index is 13.4. The lowest BCUT2D eigenvalue weighted by molar-refractivity contribution is -0.137. The molecule has 0 aliphatic rings. The van der Waals surface area contributed by atoms with E-state index in [0.717, 1.165) is 23.4 Å². The van der Waals surface area contributed by atoms with Crippen LogP contribution in [0, 0.1) is 5.92 Å². The van der Waals surface area contributed by atoms with Crippen LogP contribution in [0.25, 0.3) is 0 Å². The molecular formula is C28H31ClF3N3O2. The summed E-state index contributed by atoms with van der Waals surface area (Å²) in [6.07, 6.45) is -2.64. The number of amides is 2. The van der Waals surface area contributed by atoms with Crippen LogP contribution in [0.5, 0.6) is 0 Å². The average Bonchev–Trinajstić information content (AvgIpc) is 3.28. The predicted octanol–water partition coefficient (Wildman–Crippen LogP) is 6.36. The minimum Gasteiger partial charge on any atom is -0.345 e. The van der Waals surface area contributed by atoms with E-state index < -0.39 is 17.6 Å². The number of halogens is 4. The third-order valence-corrected chi connectivity index (χ3v) is 6.31. The second-order valence-corrected chi connectivity index (χ2v) is 9.69. The van der Waals surface area contributed by atoms with E-state index in [1.807, 2.05) is 61.0 Å². The van der Waals surface area contributed by atoms with Crippen molar-refractivity contribution in [2.24, 2.45) is 5.92 Å². The van der Waals surface area contributed by atoms with Crippen LogP contribution >= 0.6 is 11.6 Å². The van der Waals surface area contributed by atoms with Crippen LogP contribution in [0.4, 0.5) is 13.2 Å². The third-order valence-electron chi connectivity index (χ3n) is 5.95. The van der Waals surface area contributed by atoms with Crippen LogP contribution in [-0.2, 0) is 24.1 Å². The summed E-state index contributed by atoms with van der Waals surface area (Å²) in [5.74, 6) is -0.722. The minimum atomic E-state index is -4.56. The van der Waals surface area contributed by atoms with Gasteiger partial charge in [0.05, 0.1) is 12.1 Å². The highest BCUT2D eigenvalue weighted by molar-refractivity contribution is 6.31. The van der Waals surface area contributed by atoms with Gasteiger partial charge in [0.1, 0.15) is 6.54 Å². The Balaban J connectivity index is 1.77. The molecule has 5 nitrogen and oxygen atoms in total. The fourth-order valence-corrected chi connectivity index (χ4v) is 4.25. The van der Waals surface area contributed by atoms with Gasteiger partial charge in [-0.05, 0) is 54.8 Å². The first-order chi connectivity index (χ1) is 17.5. The van der Waals surface area contributed by atoms with Gasteiger partial charge in [0.15, 0.2) is 0 Å². The Morgan fingerprint density at radius 2 is 1.73 bits per heavy atom. The van der Waals surface area contributed by atoms with E-state index in [1.54, 1.807) is 11.8 Å². The Hall–Kier alpha value is -3.26. The second-order valence-electron chi connectivity index (χ2n) is 9.28. The fraction of sp³-hybridized carbons (Fsp3) is 0.357. The molecule has 0 N–H and O–H groups in total. The van der Waals surface area contributed by atoms with Crippen LogP contribution < -0.4 is 0 Å². The molecule has 0 bridgehead atoms. The van der Waals surface area contributed by atoms with Crippen LogP contribution in [-0.4, -0.2) is 45.8 Å². The molecule has 0 radical (unpaired) electrons. The highest BCUT2D eigenvalue weighted by Gasteiger charge is 2.31. The first-order valence-corrected chi connectivity index (χ1v) is 12.5. The average molecular weight is 534 g/mol. The summed E-state index contributed by atoms with van der Waals surface area (Å²) < 4.78 is 41.4. The molecule has 0 unspecified atom stereocenters. The number of hydrogen-bond donors (Lipinski definition) is 0. The highest BCUT2D eigenvalue weighted by atomic mass is 35.5. The van der Waals surface area contributed by atoms with Gasteiger partial charge in [-0.15, -0.1) is 0 Å². The number of carbonyl (C=O) groups excluding carboxylic acids is 2. The Kier molecular flexibility index (Phi) is 9.43. The van der Waals surface area contributed by atoms with E-state index in [0.29, 0.717) is 24.7 Å². The first-order valence-electron chi connectivity index (χ1n) is 12.1. The van der Waals surface area contributed by atoms with Gasteiger partial charge in [0.25, 0.3) is 5.91 Å². The van der Waals surface area contributed by atoms with Gasteiger partial charge in [0, 0.05) is 42.1 Å². The van der Waals surface area contributed by atoms with Gasteiger partial charge in [0.2, 0.25) is 5.91 Å². The molecule has 0 aliphatic carbocycles. The topological polar surface area (TPSA) is 45.6 Å². The van der Waals surface area contributed by atoms with E-state index in [4.69, 9.17) is 11.6 Å². The predicted molar refractivity (Wildman–Crippen MR) is 138 cm³/mol. The summed E-state index contributed by atoms with van der Waals surface area (Å²) in [6.45, 7) is 6.96. The summed E-state index contributed by atoms with van der Waals surface area (Å²) in [4.78, 5) is 29.4. The van der Waals surface area contributed by atoms with E-state index >= 15 is 0 Å². The van der Waals surface area contributed by atoms with Crippen molar-refractivity contribution >= 4 is 23.4 Å². The van der Waals surface area contributed by atoms with Crippen LogP contribution in [0.2, 0.25) is 5.02 Å². The summed E-state index contributed by atoms with van der Waals surface area (Å²) >= 11 is 6.33. The van der Waals surface area contributed by atoms with E-state index in [2.05, 4.69) is 0 Å². The molecule has 0 fully saturated rings.